The molecule has 2 aromatic rings. The number of benzene rings is 1. The topological polar surface area (TPSA) is 54.9 Å². The van der Waals surface area contributed by atoms with E-state index < -0.39 is 0 Å². The monoisotopic (exact) mass is 389 g/mol. The normalized spacial score (nSPS) is 12.5. The molecule has 0 aliphatic carbocycles. The molecule has 0 radical (unpaired) electrons. The molecule has 0 spiro atoms. The number of nitrogens with zero attached hydrogens (tertiary/aromatic N) is 1. The molecule has 0 fully saturated rings. The van der Waals surface area contributed by atoms with Crippen LogP contribution in [-0.2, 0) is 12.8 Å². The fourth-order valence-electron chi connectivity index (χ4n) is 2.87. The lowest BCUT2D eigenvalue weighted by atomic mass is 10.1. The lowest BCUT2D eigenvalue weighted by Crippen LogP contribution is -2.40. The molecule has 0 aliphatic rings. The van der Waals surface area contributed by atoms with E-state index in [0.29, 0.717) is 5.92 Å². The number of hydrogen-bond acceptors (Lipinski definition) is 4. The lowest BCUT2D eigenvalue weighted by molar-refractivity contribution is 0.354. The van der Waals surface area contributed by atoms with E-state index >= 15 is 0 Å². The lowest BCUT2D eigenvalue weighted by Gasteiger charge is -2.15. The number of nitrogens with one attached hydrogen (secondary N) is 2. The molecule has 2 N–H and O–H groups in total. The third-order valence-electron chi connectivity index (χ3n) is 4.35. The first-order chi connectivity index (χ1) is 13.2. The van der Waals surface area contributed by atoms with Gasteiger partial charge in [0.1, 0.15) is 0 Å². The van der Waals surface area contributed by atoms with E-state index in [4.69, 9.17) is 9.47 Å². The molecule has 1 unspecified atom stereocenters. The van der Waals surface area contributed by atoms with Gasteiger partial charge in [0.25, 0.3) is 0 Å². The Morgan fingerprint density at radius 1 is 1.15 bits per heavy atom. The highest BCUT2D eigenvalue weighted by Gasteiger charge is 2.07. The molecule has 1 heterocycles. The Labute approximate surface area is 166 Å². The quantitative estimate of drug-likeness (QED) is 0.369. The minimum Gasteiger partial charge on any atom is -0.493 e. The molecular formula is C21H31N3O2S. The smallest absolute Gasteiger partial charge is 0.190 e. The summed E-state index contributed by atoms with van der Waals surface area (Å²) in [7, 11) is 5.13. The maximum Gasteiger partial charge on any atom is 0.190 e. The van der Waals surface area contributed by atoms with Crippen LogP contribution < -0.4 is 20.1 Å². The Balaban J connectivity index is 1.68. The van der Waals surface area contributed by atoms with Crippen molar-refractivity contribution in [2.24, 2.45) is 10.9 Å². The van der Waals surface area contributed by atoms with Crippen molar-refractivity contribution >= 4 is 17.3 Å². The van der Waals surface area contributed by atoms with Gasteiger partial charge in [-0.2, -0.15) is 0 Å². The van der Waals surface area contributed by atoms with E-state index in [2.05, 4.69) is 46.1 Å². The van der Waals surface area contributed by atoms with E-state index in [1.165, 1.54) is 10.4 Å². The summed E-state index contributed by atoms with van der Waals surface area (Å²) in [5.74, 6) is 2.97. The Bertz CT molecular complexity index is 701. The zero-order valence-electron chi connectivity index (χ0n) is 16.7. The van der Waals surface area contributed by atoms with Gasteiger partial charge >= 0.3 is 0 Å². The van der Waals surface area contributed by atoms with E-state index in [1.807, 2.05) is 30.5 Å². The van der Waals surface area contributed by atoms with Crippen molar-refractivity contribution in [1.29, 1.82) is 0 Å². The average Bonchev–Trinajstić information content (AvgIpc) is 3.20. The Morgan fingerprint density at radius 3 is 2.63 bits per heavy atom. The summed E-state index contributed by atoms with van der Waals surface area (Å²) < 4.78 is 10.6. The summed E-state index contributed by atoms with van der Waals surface area (Å²) in [6.45, 7) is 4.04. The van der Waals surface area contributed by atoms with Crippen molar-refractivity contribution in [3.63, 3.8) is 0 Å². The van der Waals surface area contributed by atoms with Crippen LogP contribution in [0, 0.1) is 5.92 Å². The van der Waals surface area contributed by atoms with Gasteiger partial charge in [0, 0.05) is 25.0 Å². The van der Waals surface area contributed by atoms with Gasteiger partial charge in [-0.15, -0.1) is 11.3 Å². The third-order valence-corrected chi connectivity index (χ3v) is 5.25. The maximum absolute atomic E-state index is 5.36. The predicted octanol–water partition coefficient (Wildman–Crippen LogP) is 3.74. The van der Waals surface area contributed by atoms with E-state index in [0.717, 1.165) is 49.8 Å². The standard InChI is InChI=1S/C21H31N3O2S/c1-16(13-18-8-6-12-27-18)15-24-21(22-2)23-11-5-7-17-9-10-19(25-3)20(14-17)26-4/h6,8-10,12,14,16H,5,7,11,13,15H2,1-4H3,(H2,22,23,24). The molecule has 0 saturated heterocycles. The van der Waals surface area contributed by atoms with Crippen molar-refractivity contribution in [3.8, 4) is 11.5 Å². The molecule has 0 aliphatic heterocycles. The van der Waals surface area contributed by atoms with Crippen molar-refractivity contribution in [2.45, 2.75) is 26.2 Å². The molecule has 6 heteroatoms. The highest BCUT2D eigenvalue weighted by atomic mass is 32.1. The van der Waals surface area contributed by atoms with Crippen LogP contribution in [0.3, 0.4) is 0 Å². The number of aliphatic imine (C=N–C) groups is 1. The summed E-state index contributed by atoms with van der Waals surface area (Å²) in [5.41, 5.74) is 1.24. The second kappa shape index (κ2) is 11.5. The number of methoxy groups -OCH3 is 2. The van der Waals surface area contributed by atoms with Gasteiger partial charge in [0.2, 0.25) is 0 Å². The number of thiophene rings is 1. The molecule has 148 valence electrons. The number of rotatable bonds is 10. The predicted molar refractivity (Wildman–Crippen MR) is 114 cm³/mol. The minimum absolute atomic E-state index is 0.564. The van der Waals surface area contributed by atoms with Crippen LogP contribution in [0.15, 0.2) is 40.7 Å². The molecule has 1 atom stereocenters. The first-order valence-corrected chi connectivity index (χ1v) is 10.2. The van der Waals surface area contributed by atoms with Gasteiger partial charge < -0.3 is 20.1 Å². The fourth-order valence-corrected chi connectivity index (χ4v) is 3.74. The molecule has 0 bridgehead atoms. The fraction of sp³-hybridized carbons (Fsp3) is 0.476. The Kier molecular flexibility index (Phi) is 8.98. The van der Waals surface area contributed by atoms with Crippen LogP contribution in [0.1, 0.15) is 23.8 Å². The largest absolute Gasteiger partial charge is 0.493 e. The molecule has 1 aromatic carbocycles. The number of ether oxygens (including phenoxy) is 2. The van der Waals surface area contributed by atoms with Crippen LogP contribution in [-0.4, -0.2) is 40.3 Å². The highest BCUT2D eigenvalue weighted by Crippen LogP contribution is 2.27. The molecule has 5 nitrogen and oxygen atoms in total. The van der Waals surface area contributed by atoms with Gasteiger partial charge in [-0.1, -0.05) is 19.1 Å². The van der Waals surface area contributed by atoms with E-state index in [1.54, 1.807) is 14.2 Å². The van der Waals surface area contributed by atoms with Crippen LogP contribution in [0.25, 0.3) is 0 Å². The summed E-state index contributed by atoms with van der Waals surface area (Å²) in [4.78, 5) is 5.74. The molecule has 2 rings (SSSR count). The van der Waals surface area contributed by atoms with Crippen LogP contribution in [0.2, 0.25) is 0 Å². The van der Waals surface area contributed by atoms with Crippen LogP contribution >= 0.6 is 11.3 Å². The second-order valence-electron chi connectivity index (χ2n) is 6.56. The summed E-state index contributed by atoms with van der Waals surface area (Å²) in [6, 6.07) is 10.4. The van der Waals surface area contributed by atoms with Gasteiger partial charge in [0.05, 0.1) is 14.2 Å². The van der Waals surface area contributed by atoms with Gasteiger partial charge in [0.15, 0.2) is 17.5 Å². The number of hydrogen-bond donors (Lipinski definition) is 2. The molecule has 1 aromatic heterocycles. The van der Waals surface area contributed by atoms with Gasteiger partial charge in [-0.3, -0.25) is 4.99 Å². The van der Waals surface area contributed by atoms with Crippen molar-refractivity contribution in [3.05, 3.63) is 46.2 Å². The SMILES string of the molecule is CN=C(NCCCc1ccc(OC)c(OC)c1)NCC(C)Cc1cccs1. The van der Waals surface area contributed by atoms with Crippen molar-refractivity contribution < 1.29 is 9.47 Å². The molecule has 0 amide bonds. The van der Waals surface area contributed by atoms with Crippen LogP contribution in [0.4, 0.5) is 0 Å². The van der Waals surface area contributed by atoms with Gasteiger partial charge in [-0.25, -0.2) is 0 Å². The average molecular weight is 390 g/mol. The Hall–Kier alpha value is -2.21. The van der Waals surface area contributed by atoms with Crippen molar-refractivity contribution in [2.75, 3.05) is 34.4 Å². The molecule has 0 saturated carbocycles. The summed E-state index contributed by atoms with van der Waals surface area (Å²) >= 11 is 1.82. The third kappa shape index (κ3) is 7.13. The van der Waals surface area contributed by atoms with Crippen LogP contribution in [0.5, 0.6) is 11.5 Å². The van der Waals surface area contributed by atoms with E-state index in [9.17, 15) is 0 Å². The summed E-state index contributed by atoms with van der Waals surface area (Å²) in [6.07, 6.45) is 3.08. The Morgan fingerprint density at radius 2 is 1.96 bits per heavy atom. The molecule has 27 heavy (non-hydrogen) atoms. The number of guanidine groups is 1. The molecular weight excluding hydrogens is 358 g/mol. The zero-order valence-corrected chi connectivity index (χ0v) is 17.6. The van der Waals surface area contributed by atoms with Gasteiger partial charge in [-0.05, 0) is 54.3 Å². The zero-order chi connectivity index (χ0) is 19.5. The maximum atomic E-state index is 5.36. The van der Waals surface area contributed by atoms with E-state index in [-0.39, 0.29) is 0 Å². The first-order valence-electron chi connectivity index (χ1n) is 9.34. The van der Waals surface area contributed by atoms with Crippen molar-refractivity contribution in [1.82, 2.24) is 10.6 Å². The highest BCUT2D eigenvalue weighted by molar-refractivity contribution is 7.09. The first kappa shape index (κ1) is 21.1. The summed E-state index contributed by atoms with van der Waals surface area (Å²) in [5, 5.41) is 8.94. The second-order valence-corrected chi connectivity index (χ2v) is 7.59. The minimum atomic E-state index is 0.564. The number of aryl methyl sites for hydroxylation is 1.